The minimum atomic E-state index is 0.548. The van der Waals surface area contributed by atoms with Gasteiger partial charge in [-0.1, -0.05) is 57.9 Å². The molecule has 1 aliphatic carbocycles. The Bertz CT molecular complexity index is 587. The molecule has 0 saturated heterocycles. The fourth-order valence-corrected chi connectivity index (χ4v) is 3.00. The van der Waals surface area contributed by atoms with Crippen LogP contribution in [0.3, 0.4) is 0 Å². The highest BCUT2D eigenvalue weighted by Gasteiger charge is 2.22. The predicted molar refractivity (Wildman–Crippen MR) is 92.8 cm³/mol. The van der Waals surface area contributed by atoms with Gasteiger partial charge >= 0.3 is 0 Å². The SMILES string of the molecule is Cc1cccc(C(CNC2CC2)Cc2ccc(Br)cc2)c1. The highest BCUT2D eigenvalue weighted by atomic mass is 79.9. The van der Waals surface area contributed by atoms with Gasteiger partial charge < -0.3 is 5.32 Å². The predicted octanol–water partition coefficient (Wildman–Crippen LogP) is 4.84. The number of rotatable bonds is 6. The lowest BCUT2D eigenvalue weighted by Gasteiger charge is -2.19. The molecular formula is C19H22BrN. The van der Waals surface area contributed by atoms with E-state index in [0.29, 0.717) is 5.92 Å². The minimum Gasteiger partial charge on any atom is -0.313 e. The molecule has 21 heavy (non-hydrogen) atoms. The third kappa shape index (κ3) is 4.42. The summed E-state index contributed by atoms with van der Waals surface area (Å²) in [5.41, 5.74) is 4.20. The number of hydrogen-bond donors (Lipinski definition) is 1. The second-order valence-electron chi connectivity index (χ2n) is 6.12. The van der Waals surface area contributed by atoms with E-state index in [4.69, 9.17) is 0 Å². The summed E-state index contributed by atoms with van der Waals surface area (Å²) in [6.07, 6.45) is 3.79. The summed E-state index contributed by atoms with van der Waals surface area (Å²) in [7, 11) is 0. The van der Waals surface area contributed by atoms with E-state index in [2.05, 4.69) is 76.7 Å². The van der Waals surface area contributed by atoms with Crippen molar-refractivity contribution >= 4 is 15.9 Å². The zero-order chi connectivity index (χ0) is 14.7. The molecule has 1 saturated carbocycles. The summed E-state index contributed by atoms with van der Waals surface area (Å²) in [4.78, 5) is 0. The number of benzene rings is 2. The van der Waals surface area contributed by atoms with Crippen molar-refractivity contribution in [1.29, 1.82) is 0 Å². The quantitative estimate of drug-likeness (QED) is 0.791. The summed E-state index contributed by atoms with van der Waals surface area (Å²) in [6, 6.07) is 18.4. The normalized spacial score (nSPS) is 15.9. The Balaban J connectivity index is 1.75. The molecule has 0 heterocycles. The van der Waals surface area contributed by atoms with E-state index in [0.717, 1.165) is 23.5 Å². The summed E-state index contributed by atoms with van der Waals surface area (Å²) in [6.45, 7) is 3.25. The lowest BCUT2D eigenvalue weighted by molar-refractivity contribution is 0.577. The molecular weight excluding hydrogens is 322 g/mol. The molecule has 2 heteroatoms. The molecule has 3 rings (SSSR count). The first-order valence-electron chi connectivity index (χ1n) is 7.75. The Morgan fingerprint density at radius 2 is 1.90 bits per heavy atom. The Kier molecular flexibility index (Phi) is 4.77. The van der Waals surface area contributed by atoms with Gasteiger partial charge in [-0.25, -0.2) is 0 Å². The Hall–Kier alpha value is -1.12. The fourth-order valence-electron chi connectivity index (χ4n) is 2.73. The third-order valence-corrected chi connectivity index (χ3v) is 4.67. The van der Waals surface area contributed by atoms with Crippen LogP contribution in [0.5, 0.6) is 0 Å². The maximum absolute atomic E-state index is 3.70. The highest BCUT2D eigenvalue weighted by molar-refractivity contribution is 9.10. The van der Waals surface area contributed by atoms with Crippen molar-refractivity contribution in [3.05, 3.63) is 69.7 Å². The molecule has 1 nitrogen and oxygen atoms in total. The molecule has 1 unspecified atom stereocenters. The standard InChI is InChI=1S/C19H22BrN/c1-14-3-2-4-16(11-14)17(13-21-19-9-10-19)12-15-5-7-18(20)8-6-15/h2-8,11,17,19,21H,9-10,12-13H2,1H3. The van der Waals surface area contributed by atoms with Gasteiger partial charge in [0.25, 0.3) is 0 Å². The van der Waals surface area contributed by atoms with Crippen LogP contribution in [0.25, 0.3) is 0 Å². The summed E-state index contributed by atoms with van der Waals surface area (Å²) < 4.78 is 1.15. The van der Waals surface area contributed by atoms with Gasteiger partial charge in [0.1, 0.15) is 0 Å². The van der Waals surface area contributed by atoms with Crippen molar-refractivity contribution in [2.75, 3.05) is 6.54 Å². The number of hydrogen-bond acceptors (Lipinski definition) is 1. The minimum absolute atomic E-state index is 0.548. The molecule has 0 aromatic heterocycles. The lowest BCUT2D eigenvalue weighted by Crippen LogP contribution is -2.24. The first-order chi connectivity index (χ1) is 10.2. The molecule has 1 atom stereocenters. The van der Waals surface area contributed by atoms with Gasteiger partial charge in [0.15, 0.2) is 0 Å². The van der Waals surface area contributed by atoms with Gasteiger partial charge in [0.05, 0.1) is 0 Å². The smallest absolute Gasteiger partial charge is 0.0175 e. The molecule has 0 radical (unpaired) electrons. The first-order valence-corrected chi connectivity index (χ1v) is 8.54. The van der Waals surface area contributed by atoms with E-state index >= 15 is 0 Å². The maximum atomic E-state index is 3.70. The van der Waals surface area contributed by atoms with Crippen molar-refractivity contribution in [2.45, 2.75) is 38.1 Å². The molecule has 2 aromatic rings. The summed E-state index contributed by atoms with van der Waals surface area (Å²) in [5.74, 6) is 0.548. The van der Waals surface area contributed by atoms with Crippen LogP contribution in [-0.4, -0.2) is 12.6 Å². The van der Waals surface area contributed by atoms with Gasteiger partial charge in [-0.05, 0) is 49.4 Å². The van der Waals surface area contributed by atoms with Gasteiger partial charge in [0, 0.05) is 23.0 Å². The van der Waals surface area contributed by atoms with Gasteiger partial charge in [0.2, 0.25) is 0 Å². The zero-order valence-corrected chi connectivity index (χ0v) is 14.1. The van der Waals surface area contributed by atoms with Crippen LogP contribution < -0.4 is 5.32 Å². The largest absolute Gasteiger partial charge is 0.313 e. The van der Waals surface area contributed by atoms with Crippen LogP contribution in [0.4, 0.5) is 0 Å². The second-order valence-corrected chi connectivity index (χ2v) is 7.04. The van der Waals surface area contributed by atoms with E-state index in [1.165, 1.54) is 29.5 Å². The van der Waals surface area contributed by atoms with E-state index in [1.807, 2.05) is 0 Å². The maximum Gasteiger partial charge on any atom is 0.0175 e. The molecule has 0 aliphatic heterocycles. The average Bonchev–Trinajstić information content (AvgIpc) is 3.30. The molecule has 2 aromatic carbocycles. The molecule has 0 spiro atoms. The molecule has 0 amide bonds. The fraction of sp³-hybridized carbons (Fsp3) is 0.368. The Morgan fingerprint density at radius 1 is 1.14 bits per heavy atom. The van der Waals surface area contributed by atoms with Crippen LogP contribution >= 0.6 is 15.9 Å². The third-order valence-electron chi connectivity index (χ3n) is 4.14. The lowest BCUT2D eigenvalue weighted by atomic mass is 9.91. The molecule has 110 valence electrons. The van der Waals surface area contributed by atoms with E-state index < -0.39 is 0 Å². The molecule has 1 aliphatic rings. The number of aryl methyl sites for hydroxylation is 1. The number of halogens is 1. The van der Waals surface area contributed by atoms with Crippen LogP contribution in [-0.2, 0) is 6.42 Å². The van der Waals surface area contributed by atoms with Crippen molar-refractivity contribution in [3.63, 3.8) is 0 Å². The van der Waals surface area contributed by atoms with E-state index in [1.54, 1.807) is 0 Å². The first kappa shape index (κ1) is 14.8. The Labute approximate surface area is 135 Å². The topological polar surface area (TPSA) is 12.0 Å². The zero-order valence-electron chi connectivity index (χ0n) is 12.5. The van der Waals surface area contributed by atoms with Gasteiger partial charge in [-0.3, -0.25) is 0 Å². The molecule has 0 bridgehead atoms. The summed E-state index contributed by atoms with van der Waals surface area (Å²) >= 11 is 3.51. The Morgan fingerprint density at radius 3 is 2.57 bits per heavy atom. The molecule has 1 N–H and O–H groups in total. The number of nitrogens with one attached hydrogen (secondary N) is 1. The average molecular weight is 344 g/mol. The van der Waals surface area contributed by atoms with Crippen LogP contribution in [0, 0.1) is 6.92 Å². The van der Waals surface area contributed by atoms with Crippen molar-refractivity contribution in [3.8, 4) is 0 Å². The van der Waals surface area contributed by atoms with Crippen molar-refractivity contribution in [1.82, 2.24) is 5.32 Å². The van der Waals surface area contributed by atoms with Crippen LogP contribution in [0.15, 0.2) is 53.0 Å². The van der Waals surface area contributed by atoms with Crippen LogP contribution in [0.2, 0.25) is 0 Å². The molecule has 1 fully saturated rings. The second kappa shape index (κ2) is 6.76. The highest BCUT2D eigenvalue weighted by Crippen LogP contribution is 2.25. The monoisotopic (exact) mass is 343 g/mol. The summed E-state index contributed by atoms with van der Waals surface area (Å²) in [5, 5.41) is 3.70. The van der Waals surface area contributed by atoms with Crippen molar-refractivity contribution in [2.24, 2.45) is 0 Å². The van der Waals surface area contributed by atoms with Gasteiger partial charge in [-0.2, -0.15) is 0 Å². The van der Waals surface area contributed by atoms with Crippen molar-refractivity contribution < 1.29 is 0 Å². The van der Waals surface area contributed by atoms with Gasteiger partial charge in [-0.15, -0.1) is 0 Å². The van der Waals surface area contributed by atoms with Crippen LogP contribution in [0.1, 0.15) is 35.4 Å². The van der Waals surface area contributed by atoms with E-state index in [9.17, 15) is 0 Å². The van der Waals surface area contributed by atoms with E-state index in [-0.39, 0.29) is 0 Å².